The second-order valence-corrected chi connectivity index (χ2v) is 5.21. The molecule has 0 heteroatoms. The van der Waals surface area contributed by atoms with E-state index in [0.29, 0.717) is 0 Å². The van der Waals surface area contributed by atoms with E-state index in [2.05, 4.69) is 44.2 Å². The van der Waals surface area contributed by atoms with Crippen LogP contribution in [0.3, 0.4) is 0 Å². The van der Waals surface area contributed by atoms with Crippen molar-refractivity contribution in [2.75, 3.05) is 0 Å². The maximum Gasteiger partial charge on any atom is -0.0131 e. The normalized spacial score (nSPS) is 26.9. The molecular weight excluding hydrogens is 180 g/mol. The molecule has 0 bridgehead atoms. The highest BCUT2D eigenvalue weighted by atomic mass is 14.3. The minimum Gasteiger partial charge on any atom is -0.0625 e. The predicted molar refractivity (Wildman–Crippen MR) is 66.0 cm³/mol. The number of hydrogen-bond donors (Lipinski definition) is 0. The highest BCUT2D eigenvalue weighted by Gasteiger charge is 2.28. The van der Waals surface area contributed by atoms with Crippen LogP contribution in [0.4, 0.5) is 0 Å². The van der Waals surface area contributed by atoms with E-state index in [4.69, 9.17) is 0 Å². The van der Waals surface area contributed by atoms with E-state index in [-0.39, 0.29) is 0 Å². The van der Waals surface area contributed by atoms with Crippen molar-refractivity contribution in [1.82, 2.24) is 0 Å². The summed E-state index contributed by atoms with van der Waals surface area (Å²) in [6.07, 6.45) is 5.68. The van der Waals surface area contributed by atoms with Gasteiger partial charge in [0.2, 0.25) is 0 Å². The van der Waals surface area contributed by atoms with Gasteiger partial charge >= 0.3 is 0 Å². The Labute approximate surface area is 93.7 Å². The van der Waals surface area contributed by atoms with E-state index in [1.807, 2.05) is 0 Å². The first-order valence-electron chi connectivity index (χ1n) is 6.34. The molecule has 1 unspecified atom stereocenters. The third-order valence-corrected chi connectivity index (χ3v) is 3.90. The lowest BCUT2D eigenvalue weighted by Gasteiger charge is -2.34. The maximum atomic E-state index is 2.38. The van der Waals surface area contributed by atoms with Crippen molar-refractivity contribution >= 4 is 0 Å². The lowest BCUT2D eigenvalue weighted by Crippen LogP contribution is -2.22. The zero-order chi connectivity index (χ0) is 10.7. The molecule has 82 valence electrons. The first-order valence-corrected chi connectivity index (χ1v) is 6.34. The first kappa shape index (κ1) is 10.7. The van der Waals surface area contributed by atoms with Crippen LogP contribution < -0.4 is 0 Å². The van der Waals surface area contributed by atoms with Crippen LogP contribution >= 0.6 is 0 Å². The second-order valence-electron chi connectivity index (χ2n) is 5.21. The summed E-state index contributed by atoms with van der Waals surface area (Å²) >= 11 is 0. The molecule has 2 atom stereocenters. The molecule has 1 saturated carbocycles. The van der Waals surface area contributed by atoms with E-state index in [1.54, 1.807) is 5.56 Å². The molecule has 1 fully saturated rings. The third-order valence-electron chi connectivity index (χ3n) is 3.90. The Hall–Kier alpha value is -0.780. The molecule has 0 N–H and O–H groups in total. The summed E-state index contributed by atoms with van der Waals surface area (Å²) in [6, 6.07) is 11.1. The van der Waals surface area contributed by atoms with E-state index in [0.717, 1.165) is 17.8 Å². The summed E-state index contributed by atoms with van der Waals surface area (Å²) in [7, 11) is 0. The number of rotatable bonds is 2. The largest absolute Gasteiger partial charge is 0.0625 e. The lowest BCUT2D eigenvalue weighted by molar-refractivity contribution is 0.238. The third kappa shape index (κ3) is 2.42. The van der Waals surface area contributed by atoms with Gasteiger partial charge in [0.25, 0.3) is 0 Å². The Bertz CT molecular complexity index is 286. The van der Waals surface area contributed by atoms with Gasteiger partial charge in [-0.3, -0.25) is 0 Å². The Morgan fingerprint density at radius 2 is 1.67 bits per heavy atom. The molecule has 15 heavy (non-hydrogen) atoms. The Balaban J connectivity index is 2.18. The van der Waals surface area contributed by atoms with Crippen LogP contribution in [0.25, 0.3) is 0 Å². The summed E-state index contributed by atoms with van der Waals surface area (Å²) in [5.74, 6) is 2.55. The molecular formula is C15H22. The van der Waals surface area contributed by atoms with Crippen molar-refractivity contribution < 1.29 is 0 Å². The van der Waals surface area contributed by atoms with Crippen LogP contribution in [-0.4, -0.2) is 0 Å². The summed E-state index contributed by atoms with van der Waals surface area (Å²) < 4.78 is 0. The first-order chi connectivity index (χ1) is 7.29. The molecule has 1 aromatic carbocycles. The second kappa shape index (κ2) is 4.83. The molecule has 1 aliphatic carbocycles. The minimum atomic E-state index is 0.819. The van der Waals surface area contributed by atoms with Crippen LogP contribution in [0.2, 0.25) is 0 Å². The van der Waals surface area contributed by atoms with Crippen LogP contribution in [0.5, 0.6) is 0 Å². The van der Waals surface area contributed by atoms with Gasteiger partial charge in [0, 0.05) is 0 Å². The summed E-state index contributed by atoms with van der Waals surface area (Å²) in [4.78, 5) is 0. The van der Waals surface area contributed by atoms with Crippen LogP contribution in [0.1, 0.15) is 51.0 Å². The molecule has 0 aromatic heterocycles. The molecule has 1 aromatic rings. The molecule has 0 radical (unpaired) electrons. The van der Waals surface area contributed by atoms with Crippen molar-refractivity contribution in [2.24, 2.45) is 11.8 Å². The molecule has 0 spiro atoms. The van der Waals surface area contributed by atoms with Gasteiger partial charge in [-0.2, -0.15) is 0 Å². The standard InChI is InChI=1S/C15H22/c1-12(2)14-10-6-7-11-15(14)13-8-4-3-5-9-13/h3-5,8-9,12,14-15H,6-7,10-11H2,1-2H3/t14-,15?/m0/s1. The van der Waals surface area contributed by atoms with Crippen molar-refractivity contribution in [2.45, 2.75) is 45.4 Å². The SMILES string of the molecule is CC(C)[C@@H]1CCCCC1c1ccccc1. The Morgan fingerprint density at radius 3 is 2.33 bits per heavy atom. The average molecular weight is 202 g/mol. The molecule has 0 nitrogen and oxygen atoms in total. The van der Waals surface area contributed by atoms with Crippen LogP contribution in [0.15, 0.2) is 30.3 Å². The molecule has 0 aliphatic heterocycles. The summed E-state index contributed by atoms with van der Waals surface area (Å²) in [5, 5.41) is 0. The van der Waals surface area contributed by atoms with E-state index < -0.39 is 0 Å². The average Bonchev–Trinajstić information content (AvgIpc) is 2.30. The quantitative estimate of drug-likeness (QED) is 0.656. The smallest absolute Gasteiger partial charge is 0.0131 e. The van der Waals surface area contributed by atoms with Crippen molar-refractivity contribution in [3.05, 3.63) is 35.9 Å². The van der Waals surface area contributed by atoms with E-state index in [1.165, 1.54) is 25.7 Å². The summed E-state index contributed by atoms with van der Waals surface area (Å²) in [6.45, 7) is 4.76. The highest BCUT2D eigenvalue weighted by Crippen LogP contribution is 2.41. The van der Waals surface area contributed by atoms with E-state index in [9.17, 15) is 0 Å². The topological polar surface area (TPSA) is 0 Å². The molecule has 2 rings (SSSR count). The zero-order valence-corrected chi connectivity index (χ0v) is 9.95. The van der Waals surface area contributed by atoms with Crippen LogP contribution in [0, 0.1) is 11.8 Å². The van der Waals surface area contributed by atoms with Gasteiger partial charge < -0.3 is 0 Å². The Kier molecular flexibility index (Phi) is 3.45. The number of hydrogen-bond acceptors (Lipinski definition) is 0. The highest BCUT2D eigenvalue weighted by molar-refractivity contribution is 5.21. The van der Waals surface area contributed by atoms with Gasteiger partial charge in [-0.1, -0.05) is 57.0 Å². The molecule has 1 aliphatic rings. The van der Waals surface area contributed by atoms with Crippen LogP contribution in [-0.2, 0) is 0 Å². The molecule has 0 amide bonds. The molecule has 0 saturated heterocycles. The van der Waals surface area contributed by atoms with Crippen molar-refractivity contribution in [3.8, 4) is 0 Å². The van der Waals surface area contributed by atoms with Crippen molar-refractivity contribution in [1.29, 1.82) is 0 Å². The van der Waals surface area contributed by atoms with Gasteiger partial charge in [0.15, 0.2) is 0 Å². The van der Waals surface area contributed by atoms with Gasteiger partial charge in [-0.25, -0.2) is 0 Å². The number of benzene rings is 1. The zero-order valence-electron chi connectivity index (χ0n) is 9.95. The minimum absolute atomic E-state index is 0.819. The molecule has 0 heterocycles. The lowest BCUT2D eigenvalue weighted by atomic mass is 9.71. The van der Waals surface area contributed by atoms with Crippen molar-refractivity contribution in [3.63, 3.8) is 0 Å². The maximum absolute atomic E-state index is 2.38. The fourth-order valence-corrected chi connectivity index (χ4v) is 3.07. The van der Waals surface area contributed by atoms with Gasteiger partial charge in [-0.15, -0.1) is 0 Å². The van der Waals surface area contributed by atoms with Gasteiger partial charge in [0.1, 0.15) is 0 Å². The Morgan fingerprint density at radius 1 is 1.00 bits per heavy atom. The summed E-state index contributed by atoms with van der Waals surface area (Å²) in [5.41, 5.74) is 1.57. The van der Waals surface area contributed by atoms with Gasteiger partial charge in [0.05, 0.1) is 0 Å². The fraction of sp³-hybridized carbons (Fsp3) is 0.600. The van der Waals surface area contributed by atoms with Gasteiger partial charge in [-0.05, 0) is 36.2 Å². The predicted octanol–water partition coefficient (Wildman–Crippen LogP) is 4.62. The van der Waals surface area contributed by atoms with E-state index >= 15 is 0 Å². The monoisotopic (exact) mass is 202 g/mol. The fourth-order valence-electron chi connectivity index (χ4n) is 3.07.